The zero-order valence-electron chi connectivity index (χ0n) is 19.0. The fourth-order valence-corrected chi connectivity index (χ4v) is 4.71. The first-order valence-corrected chi connectivity index (χ1v) is 12.2. The van der Waals surface area contributed by atoms with E-state index >= 15 is 0 Å². The van der Waals surface area contributed by atoms with Crippen LogP contribution in [0.2, 0.25) is 0 Å². The smallest absolute Gasteiger partial charge is 0.408 e. The summed E-state index contributed by atoms with van der Waals surface area (Å²) in [5.74, 6) is 0.0453. The molecule has 2 atom stereocenters. The summed E-state index contributed by atoms with van der Waals surface area (Å²) >= 11 is 0. The van der Waals surface area contributed by atoms with E-state index in [0.29, 0.717) is 0 Å². The lowest BCUT2D eigenvalue weighted by molar-refractivity contribution is 0.0366. The molecular formula is C20H33F2N5O5S. The van der Waals surface area contributed by atoms with Gasteiger partial charge >= 0.3 is 6.09 Å². The fraction of sp³-hybridized carbons (Fsp3) is 0.700. The molecule has 2 rings (SSSR count). The zero-order valence-corrected chi connectivity index (χ0v) is 19.8. The minimum absolute atomic E-state index is 0.00989. The van der Waals surface area contributed by atoms with Gasteiger partial charge in [-0.3, -0.25) is 0 Å². The molecule has 0 aromatic carbocycles. The maximum absolute atomic E-state index is 12.4. The van der Waals surface area contributed by atoms with Gasteiger partial charge in [0.2, 0.25) is 10.0 Å². The average molecular weight is 494 g/mol. The number of nitrogens with two attached hydrogens (primary N) is 1. The normalized spacial score (nSPS) is 17.4. The second-order valence-corrected chi connectivity index (χ2v) is 10.7. The number of amides is 1. The van der Waals surface area contributed by atoms with E-state index in [-0.39, 0.29) is 17.4 Å². The van der Waals surface area contributed by atoms with E-state index < -0.39 is 51.9 Å². The second kappa shape index (κ2) is 11.3. The molecule has 1 fully saturated rings. The highest BCUT2D eigenvalue weighted by Crippen LogP contribution is 2.29. The Bertz CT molecular complexity index is 905. The number of carbonyl (C=O) groups excluding carboxylic acids is 1. The molecule has 188 valence electrons. The van der Waals surface area contributed by atoms with Crippen LogP contribution in [0.25, 0.3) is 0 Å². The molecule has 1 aromatic rings. The molecule has 1 aliphatic carbocycles. The van der Waals surface area contributed by atoms with Crippen molar-refractivity contribution in [2.75, 3.05) is 17.6 Å². The van der Waals surface area contributed by atoms with Crippen molar-refractivity contribution >= 4 is 27.6 Å². The number of sulfonamides is 1. The third kappa shape index (κ3) is 8.55. The lowest BCUT2D eigenvalue weighted by Gasteiger charge is -2.35. The lowest BCUT2D eigenvalue weighted by Crippen LogP contribution is -2.52. The minimum Gasteiger partial charge on any atom is -0.444 e. The molecule has 1 aliphatic rings. The number of anilines is 2. The SMILES string of the molecule is CC(C)(C)OC(=O)N[C@@H](C1CCCCC1)[C@H](O)Nc1cc(N)c(S(=O)(=O)NCC(F)F)cn1. The van der Waals surface area contributed by atoms with Crippen LogP contribution in [0.4, 0.5) is 25.1 Å². The first-order valence-electron chi connectivity index (χ1n) is 10.8. The monoisotopic (exact) mass is 493 g/mol. The van der Waals surface area contributed by atoms with Crippen molar-refractivity contribution in [3.8, 4) is 0 Å². The summed E-state index contributed by atoms with van der Waals surface area (Å²) in [4.78, 5) is 15.8. The maximum Gasteiger partial charge on any atom is 0.408 e. The standard InChI is InChI=1S/C20H33F2N5O5S/c1-20(2,3)32-19(29)27-17(12-7-5-4-6-8-12)18(28)26-16-9-13(23)14(10-24-16)33(30,31)25-11-15(21)22/h9-10,12,15,17-18,25,28H,4-8,11H2,1-3H3,(H,27,29)(H3,23,24,26)/t17-,18-/m0/s1. The summed E-state index contributed by atoms with van der Waals surface area (Å²) in [6.45, 7) is 4.14. The highest BCUT2D eigenvalue weighted by molar-refractivity contribution is 7.89. The molecule has 0 aliphatic heterocycles. The van der Waals surface area contributed by atoms with Crippen LogP contribution in [-0.4, -0.2) is 55.4 Å². The molecule has 33 heavy (non-hydrogen) atoms. The Kier molecular flexibility index (Phi) is 9.20. The summed E-state index contributed by atoms with van der Waals surface area (Å²) < 4.78 is 56.1. The number of aromatic nitrogens is 1. The molecule has 1 saturated carbocycles. The number of pyridine rings is 1. The number of hydrogen-bond acceptors (Lipinski definition) is 8. The molecule has 1 amide bonds. The molecule has 1 heterocycles. The Morgan fingerprint density at radius 1 is 1.30 bits per heavy atom. The van der Waals surface area contributed by atoms with Gasteiger partial charge in [0, 0.05) is 6.07 Å². The Morgan fingerprint density at radius 3 is 2.48 bits per heavy atom. The van der Waals surface area contributed by atoms with Gasteiger partial charge < -0.3 is 26.2 Å². The Morgan fingerprint density at radius 2 is 1.94 bits per heavy atom. The number of alkyl halides is 2. The van der Waals surface area contributed by atoms with Crippen molar-refractivity contribution in [3.05, 3.63) is 12.3 Å². The first-order chi connectivity index (χ1) is 15.3. The van der Waals surface area contributed by atoms with E-state index in [2.05, 4.69) is 15.6 Å². The average Bonchev–Trinajstić information content (AvgIpc) is 2.69. The number of aliphatic hydroxyl groups excluding tert-OH is 1. The van der Waals surface area contributed by atoms with Crippen LogP contribution in [0.1, 0.15) is 52.9 Å². The van der Waals surface area contributed by atoms with Gasteiger partial charge in [-0.2, -0.15) is 0 Å². The molecule has 10 nitrogen and oxygen atoms in total. The van der Waals surface area contributed by atoms with Crippen LogP contribution in [0.15, 0.2) is 17.2 Å². The van der Waals surface area contributed by atoms with Gasteiger partial charge in [-0.1, -0.05) is 19.3 Å². The molecule has 0 bridgehead atoms. The Hall–Kier alpha value is -2.25. The van der Waals surface area contributed by atoms with E-state index in [9.17, 15) is 27.1 Å². The predicted octanol–water partition coefficient (Wildman–Crippen LogP) is 2.41. The van der Waals surface area contributed by atoms with Crippen LogP contribution in [0.3, 0.4) is 0 Å². The van der Waals surface area contributed by atoms with Crippen LogP contribution in [-0.2, 0) is 14.8 Å². The van der Waals surface area contributed by atoms with Crippen LogP contribution in [0.5, 0.6) is 0 Å². The van der Waals surface area contributed by atoms with Gasteiger partial charge in [-0.05, 0) is 39.5 Å². The molecule has 0 spiro atoms. The molecule has 0 saturated heterocycles. The molecule has 1 aromatic heterocycles. The Labute approximate surface area is 192 Å². The number of rotatable bonds is 9. The first kappa shape index (κ1) is 27.0. The molecular weight excluding hydrogens is 460 g/mol. The molecule has 0 radical (unpaired) electrons. The van der Waals surface area contributed by atoms with Gasteiger partial charge in [0.15, 0.2) is 0 Å². The highest BCUT2D eigenvalue weighted by Gasteiger charge is 2.33. The van der Waals surface area contributed by atoms with Gasteiger partial charge in [-0.25, -0.2) is 31.7 Å². The second-order valence-electron chi connectivity index (χ2n) is 9.01. The highest BCUT2D eigenvalue weighted by atomic mass is 32.2. The number of ether oxygens (including phenoxy) is 1. The zero-order chi connectivity index (χ0) is 24.8. The van der Waals surface area contributed by atoms with Gasteiger partial charge in [0.1, 0.15) is 22.5 Å². The number of alkyl carbamates (subject to hydrolysis) is 1. The third-order valence-electron chi connectivity index (χ3n) is 5.09. The van der Waals surface area contributed by atoms with E-state index in [1.165, 1.54) is 6.07 Å². The number of carbonyl (C=O) groups is 1. The quantitative estimate of drug-likeness (QED) is 0.328. The van der Waals surface area contributed by atoms with Crippen LogP contribution >= 0.6 is 0 Å². The maximum atomic E-state index is 12.4. The fourth-order valence-electron chi connectivity index (χ4n) is 3.65. The number of hydrogen-bond donors (Lipinski definition) is 5. The van der Waals surface area contributed by atoms with Crippen molar-refractivity contribution in [1.29, 1.82) is 0 Å². The Balaban J connectivity index is 2.16. The predicted molar refractivity (Wildman–Crippen MR) is 119 cm³/mol. The number of nitrogens with zero attached hydrogens (tertiary/aromatic N) is 1. The van der Waals surface area contributed by atoms with Crippen molar-refractivity contribution < 1.29 is 31.8 Å². The van der Waals surface area contributed by atoms with Crippen LogP contribution in [0, 0.1) is 5.92 Å². The summed E-state index contributed by atoms with van der Waals surface area (Å²) in [6.07, 6.45) is 0.732. The van der Waals surface area contributed by atoms with Crippen LogP contribution < -0.4 is 21.1 Å². The van der Waals surface area contributed by atoms with Crippen molar-refractivity contribution in [1.82, 2.24) is 15.0 Å². The van der Waals surface area contributed by atoms with E-state index in [4.69, 9.17) is 10.5 Å². The van der Waals surface area contributed by atoms with Gasteiger partial charge in [-0.15, -0.1) is 0 Å². The van der Waals surface area contributed by atoms with Crippen molar-refractivity contribution in [2.24, 2.45) is 5.92 Å². The largest absolute Gasteiger partial charge is 0.444 e. The third-order valence-corrected chi connectivity index (χ3v) is 6.56. The summed E-state index contributed by atoms with van der Waals surface area (Å²) in [6, 6.07) is 0.477. The number of nitrogens with one attached hydrogen (secondary N) is 3. The minimum atomic E-state index is -4.28. The van der Waals surface area contributed by atoms with Gasteiger partial charge in [0.05, 0.1) is 24.5 Å². The van der Waals surface area contributed by atoms with E-state index in [1.54, 1.807) is 25.5 Å². The van der Waals surface area contributed by atoms with Crippen molar-refractivity contribution in [3.63, 3.8) is 0 Å². The lowest BCUT2D eigenvalue weighted by atomic mass is 9.83. The summed E-state index contributed by atoms with van der Waals surface area (Å²) in [5, 5.41) is 16.3. The molecule has 0 unspecified atom stereocenters. The molecule has 6 N–H and O–H groups in total. The summed E-state index contributed by atoms with van der Waals surface area (Å²) in [7, 11) is -4.28. The van der Waals surface area contributed by atoms with Crippen molar-refractivity contribution in [2.45, 2.75) is 82.1 Å². The number of aliphatic hydroxyl groups is 1. The van der Waals surface area contributed by atoms with Gasteiger partial charge in [0.25, 0.3) is 6.43 Å². The topological polar surface area (TPSA) is 156 Å². The summed E-state index contributed by atoms with van der Waals surface area (Å²) in [5.41, 5.74) is 4.85. The number of halogens is 2. The molecule has 13 heteroatoms. The number of nitrogen functional groups attached to an aromatic ring is 1. The van der Waals surface area contributed by atoms with E-state index in [1.807, 2.05) is 0 Å². The van der Waals surface area contributed by atoms with E-state index in [0.717, 1.165) is 38.3 Å².